The van der Waals surface area contributed by atoms with Gasteiger partial charge in [-0.15, -0.1) is 0 Å². The van der Waals surface area contributed by atoms with Crippen LogP contribution in [0.1, 0.15) is 18.9 Å². The maximum atomic E-state index is 12.1. The molecule has 1 aliphatic rings. The van der Waals surface area contributed by atoms with Crippen LogP contribution in [0.5, 0.6) is 0 Å². The van der Waals surface area contributed by atoms with E-state index in [-0.39, 0.29) is 19.2 Å². The fourth-order valence-electron chi connectivity index (χ4n) is 2.40. The van der Waals surface area contributed by atoms with Crippen LogP contribution < -0.4 is 0 Å². The molecule has 1 aliphatic heterocycles. The molecule has 0 bridgehead atoms. The molecule has 0 spiro atoms. The van der Waals surface area contributed by atoms with E-state index in [0.29, 0.717) is 19.5 Å². The summed E-state index contributed by atoms with van der Waals surface area (Å²) in [5, 5.41) is 0. The highest BCUT2D eigenvalue weighted by Crippen LogP contribution is 2.31. The van der Waals surface area contributed by atoms with E-state index in [9.17, 15) is 9.59 Å². The number of rotatable bonds is 5. The molecule has 118 valence electrons. The summed E-state index contributed by atoms with van der Waals surface area (Å²) in [6.07, 6.45) is 1.70. The lowest BCUT2D eigenvalue weighted by Crippen LogP contribution is -2.36. The van der Waals surface area contributed by atoms with Crippen LogP contribution in [-0.4, -0.2) is 36.7 Å². The fourth-order valence-corrected chi connectivity index (χ4v) is 2.40. The standard InChI is InChI=1S/C17H21NO4/c1-3-11-21-15(19)17(2)9-10-18(13-17)16(20)22-12-14-7-5-4-6-8-14/h3-8H,1,9-13H2,2H3. The lowest BCUT2D eigenvalue weighted by atomic mass is 9.90. The average molecular weight is 303 g/mol. The van der Waals surface area contributed by atoms with Crippen molar-refractivity contribution >= 4 is 12.1 Å². The summed E-state index contributed by atoms with van der Waals surface area (Å²) in [5.74, 6) is -0.300. The molecule has 1 atom stereocenters. The molecule has 1 fully saturated rings. The van der Waals surface area contributed by atoms with Crippen LogP contribution in [0.2, 0.25) is 0 Å². The van der Waals surface area contributed by atoms with Gasteiger partial charge in [-0.25, -0.2) is 4.79 Å². The van der Waals surface area contributed by atoms with Crippen molar-refractivity contribution in [3.05, 3.63) is 48.6 Å². The van der Waals surface area contributed by atoms with Gasteiger partial charge >= 0.3 is 12.1 Å². The van der Waals surface area contributed by atoms with Gasteiger partial charge in [0.2, 0.25) is 0 Å². The molecular formula is C17H21NO4. The number of carbonyl (C=O) groups is 2. The molecule has 0 saturated carbocycles. The molecular weight excluding hydrogens is 282 g/mol. The van der Waals surface area contributed by atoms with Crippen molar-refractivity contribution < 1.29 is 19.1 Å². The minimum atomic E-state index is -0.672. The number of ether oxygens (including phenoxy) is 2. The van der Waals surface area contributed by atoms with E-state index < -0.39 is 11.5 Å². The summed E-state index contributed by atoms with van der Waals surface area (Å²) in [5.41, 5.74) is 0.262. The quantitative estimate of drug-likeness (QED) is 0.620. The van der Waals surface area contributed by atoms with E-state index in [2.05, 4.69) is 6.58 Å². The van der Waals surface area contributed by atoms with Gasteiger partial charge in [0.15, 0.2) is 0 Å². The molecule has 1 amide bonds. The summed E-state index contributed by atoms with van der Waals surface area (Å²) >= 11 is 0. The molecule has 1 unspecified atom stereocenters. The van der Waals surface area contributed by atoms with Crippen molar-refractivity contribution in [2.45, 2.75) is 20.0 Å². The lowest BCUT2D eigenvalue weighted by Gasteiger charge is -2.22. The number of esters is 1. The Labute approximate surface area is 130 Å². The molecule has 5 nitrogen and oxygen atoms in total. The molecule has 22 heavy (non-hydrogen) atoms. The number of benzene rings is 1. The zero-order valence-electron chi connectivity index (χ0n) is 12.8. The summed E-state index contributed by atoms with van der Waals surface area (Å²) in [6.45, 7) is 6.55. The van der Waals surface area contributed by atoms with E-state index >= 15 is 0 Å². The maximum absolute atomic E-state index is 12.1. The number of hydrogen-bond donors (Lipinski definition) is 0. The molecule has 1 aromatic carbocycles. The van der Waals surface area contributed by atoms with Gasteiger partial charge in [-0.1, -0.05) is 43.0 Å². The van der Waals surface area contributed by atoms with Crippen molar-refractivity contribution in [1.29, 1.82) is 0 Å². The van der Waals surface area contributed by atoms with Gasteiger partial charge < -0.3 is 14.4 Å². The zero-order valence-corrected chi connectivity index (χ0v) is 12.8. The second-order valence-electron chi connectivity index (χ2n) is 5.66. The van der Waals surface area contributed by atoms with Gasteiger partial charge in [0.1, 0.15) is 13.2 Å². The SMILES string of the molecule is C=CCOC(=O)C1(C)CCN(C(=O)OCc2ccccc2)C1. The first-order chi connectivity index (χ1) is 10.5. The first-order valence-electron chi connectivity index (χ1n) is 7.29. The molecule has 1 aromatic rings. The topological polar surface area (TPSA) is 55.8 Å². The van der Waals surface area contributed by atoms with E-state index in [0.717, 1.165) is 5.56 Å². The Morgan fingerprint density at radius 2 is 2.05 bits per heavy atom. The summed E-state index contributed by atoms with van der Waals surface area (Å²) in [6, 6.07) is 9.49. The van der Waals surface area contributed by atoms with Gasteiger partial charge in [-0.3, -0.25) is 4.79 Å². The Hall–Kier alpha value is -2.30. The van der Waals surface area contributed by atoms with Crippen LogP contribution in [0.15, 0.2) is 43.0 Å². The molecule has 0 radical (unpaired) electrons. The lowest BCUT2D eigenvalue weighted by molar-refractivity contribution is -0.152. The Balaban J connectivity index is 1.85. The first-order valence-corrected chi connectivity index (χ1v) is 7.29. The largest absolute Gasteiger partial charge is 0.461 e. The van der Waals surface area contributed by atoms with E-state index in [4.69, 9.17) is 9.47 Å². The van der Waals surface area contributed by atoms with E-state index in [1.54, 1.807) is 4.90 Å². The molecule has 2 rings (SSSR count). The Bertz CT molecular complexity index is 543. The third-order valence-electron chi connectivity index (χ3n) is 3.76. The number of hydrogen-bond acceptors (Lipinski definition) is 4. The van der Waals surface area contributed by atoms with Crippen molar-refractivity contribution in [3.8, 4) is 0 Å². The minimum absolute atomic E-state index is 0.187. The van der Waals surface area contributed by atoms with Gasteiger partial charge in [0, 0.05) is 13.1 Å². The van der Waals surface area contributed by atoms with Crippen molar-refractivity contribution in [1.82, 2.24) is 4.90 Å². The smallest absolute Gasteiger partial charge is 0.410 e. The van der Waals surface area contributed by atoms with Gasteiger partial charge in [0.25, 0.3) is 0 Å². The Kier molecular flexibility index (Phi) is 5.20. The maximum Gasteiger partial charge on any atom is 0.410 e. The second-order valence-corrected chi connectivity index (χ2v) is 5.66. The molecule has 1 saturated heterocycles. The van der Waals surface area contributed by atoms with Crippen LogP contribution in [-0.2, 0) is 20.9 Å². The summed E-state index contributed by atoms with van der Waals surface area (Å²) in [4.78, 5) is 25.7. The predicted octanol–water partition coefficient (Wildman–Crippen LogP) is 2.76. The van der Waals surface area contributed by atoms with E-state index in [1.165, 1.54) is 6.08 Å². The zero-order chi connectivity index (χ0) is 16.0. The molecule has 1 heterocycles. The highest BCUT2D eigenvalue weighted by molar-refractivity contribution is 5.79. The van der Waals surface area contributed by atoms with Gasteiger partial charge in [0.05, 0.1) is 5.41 Å². The monoisotopic (exact) mass is 303 g/mol. The molecule has 0 aromatic heterocycles. The molecule has 0 N–H and O–H groups in total. The Morgan fingerprint density at radius 3 is 2.73 bits per heavy atom. The first kappa shape index (κ1) is 16.1. The van der Waals surface area contributed by atoms with Crippen molar-refractivity contribution in [3.63, 3.8) is 0 Å². The third-order valence-corrected chi connectivity index (χ3v) is 3.76. The average Bonchev–Trinajstić information content (AvgIpc) is 2.95. The van der Waals surface area contributed by atoms with Crippen LogP contribution >= 0.6 is 0 Å². The summed E-state index contributed by atoms with van der Waals surface area (Å²) in [7, 11) is 0. The van der Waals surface area contributed by atoms with Crippen LogP contribution in [0.3, 0.4) is 0 Å². The third kappa shape index (κ3) is 3.87. The van der Waals surface area contributed by atoms with Crippen LogP contribution in [0.4, 0.5) is 4.79 Å². The highest BCUT2D eigenvalue weighted by Gasteiger charge is 2.43. The predicted molar refractivity (Wildman–Crippen MR) is 82.1 cm³/mol. The number of amides is 1. The highest BCUT2D eigenvalue weighted by atomic mass is 16.6. The molecule has 5 heteroatoms. The number of carbonyl (C=O) groups excluding carboxylic acids is 2. The number of nitrogens with zero attached hydrogens (tertiary/aromatic N) is 1. The minimum Gasteiger partial charge on any atom is -0.461 e. The fraction of sp³-hybridized carbons (Fsp3) is 0.412. The summed E-state index contributed by atoms with van der Waals surface area (Å²) < 4.78 is 10.4. The van der Waals surface area contributed by atoms with Gasteiger partial charge in [-0.2, -0.15) is 0 Å². The Morgan fingerprint density at radius 1 is 1.32 bits per heavy atom. The van der Waals surface area contributed by atoms with Gasteiger partial charge in [-0.05, 0) is 18.9 Å². The second kappa shape index (κ2) is 7.11. The van der Waals surface area contributed by atoms with Crippen LogP contribution in [0.25, 0.3) is 0 Å². The van der Waals surface area contributed by atoms with Crippen molar-refractivity contribution in [2.24, 2.45) is 5.41 Å². The van der Waals surface area contributed by atoms with Crippen molar-refractivity contribution in [2.75, 3.05) is 19.7 Å². The van der Waals surface area contributed by atoms with Crippen LogP contribution in [0, 0.1) is 5.41 Å². The number of likely N-dealkylation sites (tertiary alicyclic amines) is 1. The normalized spacial score (nSPS) is 20.5. The molecule has 0 aliphatic carbocycles. The van der Waals surface area contributed by atoms with E-state index in [1.807, 2.05) is 37.3 Å².